The topological polar surface area (TPSA) is 56.3 Å². The minimum atomic E-state index is 0.149. The Labute approximate surface area is 128 Å². The van der Waals surface area contributed by atoms with E-state index in [-0.39, 0.29) is 18.3 Å². The molecule has 1 aliphatic heterocycles. The predicted molar refractivity (Wildman–Crippen MR) is 85.2 cm³/mol. The van der Waals surface area contributed by atoms with Crippen molar-refractivity contribution in [3.8, 4) is 5.88 Å². The van der Waals surface area contributed by atoms with E-state index in [9.17, 15) is 0 Å². The van der Waals surface area contributed by atoms with Gasteiger partial charge < -0.3 is 14.8 Å². The summed E-state index contributed by atoms with van der Waals surface area (Å²) in [6, 6.07) is 2.03. The lowest BCUT2D eigenvalue weighted by atomic mass is 10.0. The second-order valence-corrected chi connectivity index (χ2v) is 6.39. The van der Waals surface area contributed by atoms with Crippen LogP contribution >= 0.6 is 11.3 Å². The first-order valence-electron chi connectivity index (χ1n) is 7.47. The van der Waals surface area contributed by atoms with Gasteiger partial charge in [-0.05, 0) is 32.2 Å². The normalized spacial score (nSPS) is 26.0. The molecule has 3 heterocycles. The number of aromatic nitrogens is 2. The summed E-state index contributed by atoms with van der Waals surface area (Å²) in [6.07, 6.45) is 2.40. The smallest absolute Gasteiger partial charge is 0.227 e. The van der Waals surface area contributed by atoms with Crippen LogP contribution in [-0.2, 0) is 4.74 Å². The third-order valence-electron chi connectivity index (χ3n) is 3.56. The van der Waals surface area contributed by atoms with Crippen LogP contribution in [0.4, 0.5) is 5.95 Å². The number of nitrogens with zero attached hydrogens (tertiary/aromatic N) is 2. The van der Waals surface area contributed by atoms with Gasteiger partial charge in [0.1, 0.15) is 10.9 Å². The summed E-state index contributed by atoms with van der Waals surface area (Å²) < 4.78 is 12.0. The lowest BCUT2D eigenvalue weighted by molar-refractivity contribution is -0.0726. The van der Waals surface area contributed by atoms with Crippen molar-refractivity contribution in [1.29, 1.82) is 0 Å². The van der Waals surface area contributed by atoms with Gasteiger partial charge in [0, 0.05) is 19.4 Å². The first kappa shape index (κ1) is 14.5. The molecule has 0 saturated carbocycles. The largest absolute Gasteiger partial charge is 0.474 e. The monoisotopic (exact) mass is 307 g/mol. The summed E-state index contributed by atoms with van der Waals surface area (Å²) in [6.45, 7) is 7.01. The fraction of sp³-hybridized carbons (Fsp3) is 0.600. The zero-order valence-corrected chi connectivity index (χ0v) is 13.4. The molecule has 0 amide bonds. The van der Waals surface area contributed by atoms with Crippen LogP contribution in [0.1, 0.15) is 33.6 Å². The first-order valence-corrected chi connectivity index (χ1v) is 8.35. The molecule has 1 saturated heterocycles. The summed E-state index contributed by atoms with van der Waals surface area (Å²) in [5.41, 5.74) is 0. The lowest BCUT2D eigenvalue weighted by Gasteiger charge is -2.32. The Hall–Kier alpha value is -1.40. The Morgan fingerprint density at radius 2 is 2.10 bits per heavy atom. The van der Waals surface area contributed by atoms with E-state index in [0.717, 1.165) is 29.6 Å². The van der Waals surface area contributed by atoms with Crippen LogP contribution in [0.15, 0.2) is 11.4 Å². The van der Waals surface area contributed by atoms with E-state index in [1.165, 1.54) is 0 Å². The molecule has 6 heteroatoms. The van der Waals surface area contributed by atoms with Crippen molar-refractivity contribution in [2.45, 2.75) is 51.9 Å². The fourth-order valence-corrected chi connectivity index (χ4v) is 3.51. The van der Waals surface area contributed by atoms with E-state index in [4.69, 9.17) is 9.47 Å². The zero-order valence-electron chi connectivity index (χ0n) is 12.6. The SMILES string of the molecule is CCNc1nc(OC2CC(C)OC(C)C2)c2ccsc2n1. The maximum absolute atomic E-state index is 6.19. The average Bonchev–Trinajstić information content (AvgIpc) is 2.86. The summed E-state index contributed by atoms with van der Waals surface area (Å²) in [5.74, 6) is 1.32. The van der Waals surface area contributed by atoms with Gasteiger partial charge in [-0.15, -0.1) is 11.3 Å². The van der Waals surface area contributed by atoms with E-state index in [2.05, 4.69) is 29.1 Å². The Morgan fingerprint density at radius 1 is 1.33 bits per heavy atom. The minimum absolute atomic E-state index is 0.149. The van der Waals surface area contributed by atoms with Gasteiger partial charge in [-0.1, -0.05) is 0 Å². The molecule has 0 radical (unpaired) electrons. The Bertz CT molecular complexity index is 606. The minimum Gasteiger partial charge on any atom is -0.474 e. The number of anilines is 1. The lowest BCUT2D eigenvalue weighted by Crippen LogP contribution is -2.35. The van der Waals surface area contributed by atoms with Crippen molar-refractivity contribution in [3.63, 3.8) is 0 Å². The van der Waals surface area contributed by atoms with Crippen molar-refractivity contribution in [2.75, 3.05) is 11.9 Å². The molecule has 0 aliphatic carbocycles. The standard InChI is InChI=1S/C15H21N3O2S/c1-4-16-15-17-13(12-5-6-21-14(12)18-15)20-11-7-9(2)19-10(3)8-11/h5-6,9-11H,4,7-8H2,1-3H3,(H,16,17,18). The van der Waals surface area contributed by atoms with Crippen LogP contribution in [0.2, 0.25) is 0 Å². The summed E-state index contributed by atoms with van der Waals surface area (Å²) in [5, 5.41) is 6.18. The summed E-state index contributed by atoms with van der Waals surface area (Å²) >= 11 is 1.61. The van der Waals surface area contributed by atoms with Crippen molar-refractivity contribution < 1.29 is 9.47 Å². The molecule has 0 bridgehead atoms. The number of rotatable bonds is 4. The zero-order chi connectivity index (χ0) is 14.8. The highest BCUT2D eigenvalue weighted by Crippen LogP contribution is 2.31. The maximum atomic E-state index is 6.19. The van der Waals surface area contributed by atoms with Crippen molar-refractivity contribution in [3.05, 3.63) is 11.4 Å². The Kier molecular flexibility index (Phi) is 4.26. The van der Waals surface area contributed by atoms with Gasteiger partial charge in [0.25, 0.3) is 0 Å². The van der Waals surface area contributed by atoms with E-state index < -0.39 is 0 Å². The van der Waals surface area contributed by atoms with Gasteiger partial charge in [-0.3, -0.25) is 0 Å². The second kappa shape index (κ2) is 6.15. The number of nitrogens with one attached hydrogen (secondary N) is 1. The van der Waals surface area contributed by atoms with Gasteiger partial charge in [0.05, 0.1) is 17.6 Å². The number of ether oxygens (including phenoxy) is 2. The van der Waals surface area contributed by atoms with Gasteiger partial charge in [-0.2, -0.15) is 4.98 Å². The van der Waals surface area contributed by atoms with Gasteiger partial charge in [0.15, 0.2) is 0 Å². The molecular formula is C15H21N3O2S. The highest BCUT2D eigenvalue weighted by atomic mass is 32.1. The molecule has 1 fully saturated rings. The number of thiophene rings is 1. The van der Waals surface area contributed by atoms with E-state index >= 15 is 0 Å². The first-order chi connectivity index (χ1) is 10.2. The van der Waals surface area contributed by atoms with Crippen LogP contribution in [0.25, 0.3) is 10.2 Å². The maximum Gasteiger partial charge on any atom is 0.227 e. The van der Waals surface area contributed by atoms with Gasteiger partial charge in [-0.25, -0.2) is 4.98 Å². The highest BCUT2D eigenvalue weighted by Gasteiger charge is 2.27. The van der Waals surface area contributed by atoms with E-state index in [0.29, 0.717) is 11.8 Å². The molecular weight excluding hydrogens is 286 g/mol. The second-order valence-electron chi connectivity index (χ2n) is 5.49. The van der Waals surface area contributed by atoms with E-state index in [1.54, 1.807) is 11.3 Å². The van der Waals surface area contributed by atoms with Crippen LogP contribution in [-0.4, -0.2) is 34.8 Å². The van der Waals surface area contributed by atoms with E-state index in [1.807, 2.05) is 18.4 Å². The summed E-state index contributed by atoms with van der Waals surface area (Å²) in [4.78, 5) is 9.99. The van der Waals surface area contributed by atoms with Crippen molar-refractivity contribution in [2.24, 2.45) is 0 Å². The number of fused-ring (bicyclic) bond motifs is 1. The number of hydrogen-bond acceptors (Lipinski definition) is 6. The molecule has 0 spiro atoms. The third kappa shape index (κ3) is 3.27. The molecule has 2 atom stereocenters. The Morgan fingerprint density at radius 3 is 2.81 bits per heavy atom. The molecule has 2 aromatic rings. The molecule has 2 aromatic heterocycles. The third-order valence-corrected chi connectivity index (χ3v) is 4.36. The predicted octanol–water partition coefficient (Wildman–Crippen LogP) is 3.46. The molecule has 114 valence electrons. The Balaban J connectivity index is 1.86. The summed E-state index contributed by atoms with van der Waals surface area (Å²) in [7, 11) is 0. The molecule has 3 rings (SSSR count). The molecule has 0 aromatic carbocycles. The highest BCUT2D eigenvalue weighted by molar-refractivity contribution is 7.16. The van der Waals surface area contributed by atoms with Crippen molar-refractivity contribution >= 4 is 27.5 Å². The van der Waals surface area contributed by atoms with Crippen LogP contribution in [0.3, 0.4) is 0 Å². The molecule has 5 nitrogen and oxygen atoms in total. The van der Waals surface area contributed by atoms with Gasteiger partial charge in [0.2, 0.25) is 11.8 Å². The van der Waals surface area contributed by atoms with Crippen molar-refractivity contribution in [1.82, 2.24) is 9.97 Å². The van der Waals surface area contributed by atoms with Gasteiger partial charge >= 0.3 is 0 Å². The molecule has 1 N–H and O–H groups in total. The molecule has 2 unspecified atom stereocenters. The molecule has 21 heavy (non-hydrogen) atoms. The molecule has 1 aliphatic rings. The number of hydrogen-bond donors (Lipinski definition) is 1. The van der Waals surface area contributed by atoms with Crippen LogP contribution < -0.4 is 10.1 Å². The average molecular weight is 307 g/mol. The van der Waals surface area contributed by atoms with Crippen LogP contribution in [0, 0.1) is 0 Å². The quantitative estimate of drug-likeness (QED) is 0.937. The van der Waals surface area contributed by atoms with Crippen LogP contribution in [0.5, 0.6) is 5.88 Å². The fourth-order valence-electron chi connectivity index (χ4n) is 2.75.